The Bertz CT molecular complexity index is 1410. The Morgan fingerprint density at radius 3 is 2.69 bits per heavy atom. The van der Waals surface area contributed by atoms with E-state index in [4.69, 9.17) is 9.47 Å². The number of rotatable bonds is 10. The van der Waals surface area contributed by atoms with E-state index >= 15 is 4.39 Å². The highest BCUT2D eigenvalue weighted by Crippen LogP contribution is 2.40. The van der Waals surface area contributed by atoms with Gasteiger partial charge in [-0.3, -0.25) is 14.6 Å². The molecule has 0 spiro atoms. The number of hydrogen-bond donors (Lipinski definition) is 1. The number of nitrogens with zero attached hydrogens (tertiary/aromatic N) is 4. The van der Waals surface area contributed by atoms with Crippen molar-refractivity contribution in [2.45, 2.75) is 33.2 Å². The summed E-state index contributed by atoms with van der Waals surface area (Å²) in [5.41, 5.74) is 2.19. The van der Waals surface area contributed by atoms with Gasteiger partial charge in [0.25, 0.3) is 0 Å². The molecule has 0 unspecified atom stereocenters. The Kier molecular flexibility index (Phi) is 8.13. The molecule has 0 radical (unpaired) electrons. The Morgan fingerprint density at radius 1 is 1.23 bits per heavy atom. The predicted octanol–water partition coefficient (Wildman–Crippen LogP) is 5.67. The zero-order valence-electron chi connectivity index (χ0n) is 21.2. The second-order valence-electron chi connectivity index (χ2n) is 9.26. The van der Waals surface area contributed by atoms with Crippen molar-refractivity contribution >= 4 is 35.0 Å². The number of halogens is 1. The molecule has 39 heavy (non-hydrogen) atoms. The first kappa shape index (κ1) is 27.6. The summed E-state index contributed by atoms with van der Waals surface area (Å²) < 4.78 is 25.8. The molecule has 1 aliphatic heterocycles. The molecule has 9 nitrogen and oxygen atoms in total. The molecule has 10 heteroatoms. The van der Waals surface area contributed by atoms with E-state index in [1.54, 1.807) is 11.1 Å². The number of carbonyl (C=O) groups excluding carboxylic acids is 2. The summed E-state index contributed by atoms with van der Waals surface area (Å²) in [6.07, 6.45) is 5.15. The van der Waals surface area contributed by atoms with Gasteiger partial charge in [0.2, 0.25) is 5.95 Å². The third kappa shape index (κ3) is 5.69. The Hall–Kier alpha value is -4.47. The van der Waals surface area contributed by atoms with Crippen molar-refractivity contribution in [1.82, 2.24) is 9.97 Å². The summed E-state index contributed by atoms with van der Waals surface area (Å²) in [6, 6.07) is 9.91. The van der Waals surface area contributed by atoms with E-state index < -0.39 is 5.82 Å². The van der Waals surface area contributed by atoms with Crippen molar-refractivity contribution < 1.29 is 23.5 Å². The SMILES string of the molecule is C.C=CC(=O)Cc1ccccc1Nc1ncc2c(n1)N(CC1CC1)C(=O)N(c1cc(OC)cc(OC)c1F)C2. The fraction of sp³-hybridized carbons (Fsp3) is 0.310. The lowest BCUT2D eigenvalue weighted by Gasteiger charge is -2.36. The molecule has 1 fully saturated rings. The molecule has 5 rings (SSSR count). The minimum Gasteiger partial charge on any atom is -0.497 e. The average Bonchev–Trinajstić information content (AvgIpc) is 3.76. The van der Waals surface area contributed by atoms with Gasteiger partial charge in [-0.05, 0) is 36.5 Å². The van der Waals surface area contributed by atoms with Gasteiger partial charge < -0.3 is 14.8 Å². The number of methoxy groups -OCH3 is 2. The minimum atomic E-state index is -0.652. The molecule has 2 aromatic carbocycles. The Morgan fingerprint density at radius 2 is 2.00 bits per heavy atom. The van der Waals surface area contributed by atoms with Crippen LogP contribution < -0.4 is 24.6 Å². The molecule has 2 aliphatic rings. The van der Waals surface area contributed by atoms with E-state index in [0.717, 1.165) is 18.4 Å². The summed E-state index contributed by atoms with van der Waals surface area (Å²) in [5.74, 6) is 0.721. The number of nitrogens with one attached hydrogen (secondary N) is 1. The summed E-state index contributed by atoms with van der Waals surface area (Å²) >= 11 is 0. The normalized spacial score (nSPS) is 14.3. The quantitative estimate of drug-likeness (QED) is 0.336. The highest BCUT2D eigenvalue weighted by atomic mass is 19.1. The highest BCUT2D eigenvalue weighted by molar-refractivity contribution is 6.05. The number of aromatic nitrogens is 2. The van der Waals surface area contributed by atoms with Crippen LogP contribution in [0.5, 0.6) is 11.5 Å². The maximum Gasteiger partial charge on any atom is 0.330 e. The number of anilines is 4. The van der Waals surface area contributed by atoms with Crippen molar-refractivity contribution in [3.63, 3.8) is 0 Å². The van der Waals surface area contributed by atoms with Gasteiger partial charge in [-0.15, -0.1) is 0 Å². The van der Waals surface area contributed by atoms with Crippen molar-refractivity contribution in [1.29, 1.82) is 0 Å². The molecule has 3 aromatic rings. The first-order chi connectivity index (χ1) is 18.4. The van der Waals surface area contributed by atoms with Gasteiger partial charge in [0.15, 0.2) is 17.3 Å². The molecule has 1 N–H and O–H groups in total. The largest absolute Gasteiger partial charge is 0.497 e. The third-order valence-electron chi connectivity index (χ3n) is 6.62. The lowest BCUT2D eigenvalue weighted by Crippen LogP contribution is -2.49. The highest BCUT2D eigenvalue weighted by Gasteiger charge is 2.38. The second kappa shape index (κ2) is 11.5. The van der Waals surface area contributed by atoms with Crippen molar-refractivity contribution in [3.8, 4) is 11.5 Å². The van der Waals surface area contributed by atoms with Gasteiger partial charge in [-0.2, -0.15) is 4.98 Å². The maximum atomic E-state index is 15.3. The number of ether oxygens (including phenoxy) is 2. The van der Waals surface area contributed by atoms with E-state index in [9.17, 15) is 9.59 Å². The standard InChI is InChI=1S/C28H28FN5O4.CH4/c1-4-20(35)11-18-7-5-6-8-22(18)31-27-30-14-19-16-33(23-12-21(37-2)13-24(38-3)25(23)29)28(36)34(26(19)32-27)15-17-9-10-17;/h4-8,12-14,17H,1,9-11,15-16H2,2-3H3,(H,30,31,32);1H4. The van der Waals surface area contributed by atoms with Crippen LogP contribution in [0.4, 0.5) is 32.3 Å². The van der Waals surface area contributed by atoms with Crippen LogP contribution >= 0.6 is 0 Å². The fourth-order valence-corrected chi connectivity index (χ4v) is 4.39. The number of para-hydroxylation sites is 1. The van der Waals surface area contributed by atoms with E-state index in [1.165, 1.54) is 37.3 Å². The Labute approximate surface area is 227 Å². The molecular weight excluding hydrogens is 501 g/mol. The minimum absolute atomic E-state index is 0. The zero-order chi connectivity index (χ0) is 26.8. The van der Waals surface area contributed by atoms with Crippen molar-refractivity contribution in [2.24, 2.45) is 5.92 Å². The molecule has 1 aromatic heterocycles. The van der Waals surface area contributed by atoms with E-state index in [2.05, 4.69) is 21.9 Å². The second-order valence-corrected chi connectivity index (χ2v) is 9.26. The maximum absolute atomic E-state index is 15.3. The molecule has 2 amide bonds. The average molecular weight is 534 g/mol. The van der Waals surface area contributed by atoms with E-state index in [1.807, 2.05) is 24.3 Å². The van der Waals surface area contributed by atoms with Gasteiger partial charge in [-0.1, -0.05) is 32.2 Å². The van der Waals surface area contributed by atoms with Crippen LogP contribution in [-0.4, -0.2) is 42.5 Å². The molecule has 0 bridgehead atoms. The van der Waals surface area contributed by atoms with Crippen LogP contribution in [-0.2, 0) is 17.8 Å². The van der Waals surface area contributed by atoms with Gasteiger partial charge in [0, 0.05) is 42.5 Å². The van der Waals surface area contributed by atoms with Gasteiger partial charge in [-0.25, -0.2) is 14.2 Å². The number of fused-ring (bicyclic) bond motifs is 1. The molecule has 0 saturated heterocycles. The number of amides is 2. The number of benzene rings is 2. The number of hydrogen-bond acceptors (Lipinski definition) is 7. The fourth-order valence-electron chi connectivity index (χ4n) is 4.39. The van der Waals surface area contributed by atoms with Crippen molar-refractivity contribution in [2.75, 3.05) is 35.9 Å². The van der Waals surface area contributed by atoms with Crippen molar-refractivity contribution in [3.05, 3.63) is 72.2 Å². The summed E-state index contributed by atoms with van der Waals surface area (Å²) in [7, 11) is 2.83. The van der Waals surface area contributed by atoms with Gasteiger partial charge in [0.1, 0.15) is 11.6 Å². The summed E-state index contributed by atoms with van der Waals surface area (Å²) in [5, 5.41) is 3.19. The predicted molar refractivity (Wildman–Crippen MR) is 149 cm³/mol. The molecular formula is C29H32FN5O4. The molecule has 1 aliphatic carbocycles. The first-order valence-electron chi connectivity index (χ1n) is 12.3. The summed E-state index contributed by atoms with van der Waals surface area (Å²) in [4.78, 5) is 37.8. The number of urea groups is 1. The van der Waals surface area contributed by atoms with Crippen LogP contribution in [0.3, 0.4) is 0 Å². The smallest absolute Gasteiger partial charge is 0.330 e. The number of carbonyl (C=O) groups is 2. The van der Waals surface area contributed by atoms with Gasteiger partial charge >= 0.3 is 6.03 Å². The monoisotopic (exact) mass is 533 g/mol. The first-order valence-corrected chi connectivity index (χ1v) is 12.3. The van der Waals surface area contributed by atoms with Crippen LogP contribution in [0.1, 0.15) is 31.4 Å². The molecule has 2 heterocycles. The molecule has 0 atom stereocenters. The van der Waals surface area contributed by atoms with Crippen LogP contribution in [0, 0.1) is 11.7 Å². The number of ketones is 1. The molecule has 204 valence electrons. The zero-order valence-corrected chi connectivity index (χ0v) is 21.2. The van der Waals surface area contributed by atoms with Crippen LogP contribution in [0.25, 0.3) is 0 Å². The van der Waals surface area contributed by atoms with E-state index in [0.29, 0.717) is 41.2 Å². The summed E-state index contributed by atoms with van der Waals surface area (Å²) in [6.45, 7) is 4.08. The topological polar surface area (TPSA) is 96.9 Å². The van der Waals surface area contributed by atoms with Crippen LogP contribution in [0.15, 0.2) is 55.3 Å². The Balaban J connectivity index is 0.00000353. The van der Waals surface area contributed by atoms with E-state index in [-0.39, 0.29) is 43.6 Å². The van der Waals surface area contributed by atoms with Gasteiger partial charge in [0.05, 0.1) is 26.5 Å². The molecule has 1 saturated carbocycles. The number of allylic oxidation sites excluding steroid dienone is 1. The van der Waals surface area contributed by atoms with Crippen LogP contribution in [0.2, 0.25) is 0 Å². The lowest BCUT2D eigenvalue weighted by atomic mass is 10.1. The third-order valence-corrected chi connectivity index (χ3v) is 6.62. The lowest BCUT2D eigenvalue weighted by molar-refractivity contribution is -0.114.